The second-order valence-electron chi connectivity index (χ2n) is 4.89. The van der Waals surface area contributed by atoms with Crippen molar-refractivity contribution in [1.29, 1.82) is 0 Å². The van der Waals surface area contributed by atoms with Crippen molar-refractivity contribution in [3.05, 3.63) is 78.9 Å². The van der Waals surface area contributed by atoms with Gasteiger partial charge in [-0.1, -0.05) is 66.7 Å². The van der Waals surface area contributed by atoms with E-state index in [9.17, 15) is 4.89 Å². The van der Waals surface area contributed by atoms with Crippen LogP contribution < -0.4 is 15.3 Å². The van der Waals surface area contributed by atoms with Gasteiger partial charge in [-0.05, 0) is 23.3 Å². The Hall–Kier alpha value is -2.15. The van der Waals surface area contributed by atoms with Gasteiger partial charge in [-0.15, -0.1) is 0 Å². The van der Waals surface area contributed by atoms with E-state index in [0.29, 0.717) is 0 Å². The number of hydrogen-bond donors (Lipinski definition) is 1. The molecular weight excluding hydrogens is 291 g/mol. The topological polar surface area (TPSA) is 29.5 Å². The van der Waals surface area contributed by atoms with Crippen molar-refractivity contribution in [3.63, 3.8) is 0 Å². The number of ether oxygens (including phenoxy) is 1. The Kier molecular flexibility index (Phi) is 4.53. The summed E-state index contributed by atoms with van der Waals surface area (Å²) >= 11 is 0. The van der Waals surface area contributed by atoms with E-state index in [1.165, 1.54) is 0 Å². The van der Waals surface area contributed by atoms with E-state index >= 15 is 0 Å². The Labute approximate surface area is 131 Å². The zero-order valence-electron chi connectivity index (χ0n) is 12.3. The summed E-state index contributed by atoms with van der Waals surface area (Å²) in [5.41, 5.74) is 2.14. The molecule has 0 heterocycles. The van der Waals surface area contributed by atoms with Crippen molar-refractivity contribution in [3.8, 4) is 16.9 Å². The molecule has 0 aliphatic rings. The third-order valence-corrected chi connectivity index (χ3v) is 5.17. The monoisotopic (exact) mass is 308 g/mol. The van der Waals surface area contributed by atoms with E-state index in [1.807, 2.05) is 78.9 Å². The molecule has 0 amide bonds. The minimum absolute atomic E-state index is 0.829. The van der Waals surface area contributed by atoms with Crippen LogP contribution in [0.1, 0.15) is 0 Å². The van der Waals surface area contributed by atoms with Crippen LogP contribution in [0.15, 0.2) is 78.9 Å². The normalized spacial score (nSPS) is 11.9. The van der Waals surface area contributed by atoms with Crippen molar-refractivity contribution < 1.29 is 9.63 Å². The zero-order valence-corrected chi connectivity index (χ0v) is 13.2. The molecule has 1 N–H and O–H groups in total. The van der Waals surface area contributed by atoms with Gasteiger partial charge < -0.3 is 9.63 Å². The summed E-state index contributed by atoms with van der Waals surface area (Å²) in [6.07, 6.45) is 0. The standard InChI is InChI=1S/C19H17O2P/c1-21-16-13-11-15(12-14-16)18-9-5-6-10-19(18)22(20)17-7-3-2-4-8-17/h2-14,20H,1H3. The molecule has 3 aromatic rings. The first-order chi connectivity index (χ1) is 10.8. The highest BCUT2D eigenvalue weighted by atomic mass is 31.1. The van der Waals surface area contributed by atoms with Gasteiger partial charge in [0, 0.05) is 10.6 Å². The summed E-state index contributed by atoms with van der Waals surface area (Å²) < 4.78 is 5.21. The Morgan fingerprint density at radius 1 is 0.773 bits per heavy atom. The molecule has 0 fully saturated rings. The lowest BCUT2D eigenvalue weighted by Crippen LogP contribution is -2.13. The van der Waals surface area contributed by atoms with E-state index in [-0.39, 0.29) is 0 Å². The van der Waals surface area contributed by atoms with E-state index in [1.54, 1.807) is 7.11 Å². The number of rotatable bonds is 4. The van der Waals surface area contributed by atoms with Crippen molar-refractivity contribution in [2.75, 3.05) is 7.11 Å². The van der Waals surface area contributed by atoms with Gasteiger partial charge in [0.2, 0.25) is 0 Å². The van der Waals surface area contributed by atoms with Gasteiger partial charge in [0.1, 0.15) is 5.75 Å². The van der Waals surface area contributed by atoms with Crippen LogP contribution in [0.25, 0.3) is 11.1 Å². The predicted octanol–water partition coefficient (Wildman–Crippen LogP) is 3.70. The summed E-state index contributed by atoms with van der Waals surface area (Å²) in [5.74, 6) is 0.829. The fourth-order valence-corrected chi connectivity index (χ4v) is 3.77. The van der Waals surface area contributed by atoms with Crippen LogP contribution in [0.2, 0.25) is 0 Å². The van der Waals surface area contributed by atoms with Crippen molar-refractivity contribution in [1.82, 2.24) is 0 Å². The van der Waals surface area contributed by atoms with Crippen molar-refractivity contribution in [2.45, 2.75) is 0 Å². The summed E-state index contributed by atoms with van der Waals surface area (Å²) in [7, 11) is 0.300. The molecule has 0 aromatic heterocycles. The molecule has 0 aliphatic carbocycles. The van der Waals surface area contributed by atoms with Crippen LogP contribution in [0.5, 0.6) is 5.75 Å². The molecular formula is C19H17O2P. The average molecular weight is 308 g/mol. The fraction of sp³-hybridized carbons (Fsp3) is 0.0526. The van der Waals surface area contributed by atoms with Crippen molar-refractivity contribution >= 4 is 18.8 Å². The highest BCUT2D eigenvalue weighted by molar-refractivity contribution is 7.67. The number of hydrogen-bond acceptors (Lipinski definition) is 2. The van der Waals surface area contributed by atoms with Gasteiger partial charge in [0.15, 0.2) is 0 Å². The summed E-state index contributed by atoms with van der Waals surface area (Å²) in [4.78, 5) is 10.8. The maximum absolute atomic E-state index is 10.8. The molecule has 0 spiro atoms. The maximum Gasteiger partial charge on any atom is 0.118 e. The lowest BCUT2D eigenvalue weighted by Gasteiger charge is -2.16. The maximum atomic E-state index is 10.8. The quantitative estimate of drug-likeness (QED) is 0.745. The molecule has 2 nitrogen and oxygen atoms in total. The first kappa shape index (κ1) is 14.8. The lowest BCUT2D eigenvalue weighted by atomic mass is 10.1. The van der Waals surface area contributed by atoms with E-state index in [2.05, 4.69) is 0 Å². The van der Waals surface area contributed by atoms with Gasteiger partial charge >= 0.3 is 0 Å². The van der Waals surface area contributed by atoms with Gasteiger partial charge in [-0.2, -0.15) is 0 Å². The van der Waals surface area contributed by atoms with Crippen molar-refractivity contribution in [2.24, 2.45) is 0 Å². The van der Waals surface area contributed by atoms with E-state index in [0.717, 1.165) is 27.5 Å². The average Bonchev–Trinajstić information content (AvgIpc) is 2.62. The smallest absolute Gasteiger partial charge is 0.118 e. The van der Waals surface area contributed by atoms with Crippen LogP contribution in [-0.4, -0.2) is 12.0 Å². The Morgan fingerprint density at radius 3 is 2.09 bits per heavy atom. The molecule has 3 rings (SSSR count). The van der Waals surface area contributed by atoms with Crippen LogP contribution in [-0.2, 0) is 0 Å². The third kappa shape index (κ3) is 3.04. The van der Waals surface area contributed by atoms with Gasteiger partial charge in [0.25, 0.3) is 0 Å². The van der Waals surface area contributed by atoms with Gasteiger partial charge in [-0.25, -0.2) is 0 Å². The Bertz CT molecular complexity index is 739. The number of benzene rings is 3. The molecule has 110 valence electrons. The van der Waals surface area contributed by atoms with Gasteiger partial charge in [-0.3, -0.25) is 0 Å². The summed E-state index contributed by atoms with van der Waals surface area (Å²) in [5, 5.41) is 1.92. The molecule has 0 saturated carbocycles. The molecule has 1 atom stereocenters. The Balaban J connectivity index is 2.02. The second kappa shape index (κ2) is 6.74. The Morgan fingerprint density at radius 2 is 1.41 bits per heavy atom. The summed E-state index contributed by atoms with van der Waals surface area (Å²) in [6.45, 7) is 0. The fourth-order valence-electron chi connectivity index (χ4n) is 2.38. The van der Waals surface area contributed by atoms with Crippen LogP contribution in [0.4, 0.5) is 0 Å². The highest BCUT2D eigenvalue weighted by Gasteiger charge is 2.15. The van der Waals surface area contributed by atoms with E-state index < -0.39 is 8.15 Å². The molecule has 0 bridgehead atoms. The highest BCUT2D eigenvalue weighted by Crippen LogP contribution is 2.33. The molecule has 0 aliphatic heterocycles. The minimum Gasteiger partial charge on any atom is -0.497 e. The van der Waals surface area contributed by atoms with Crippen LogP contribution in [0, 0.1) is 0 Å². The minimum atomic E-state index is -1.36. The predicted molar refractivity (Wildman–Crippen MR) is 93.3 cm³/mol. The lowest BCUT2D eigenvalue weighted by molar-refractivity contribution is 0.415. The molecule has 3 aromatic carbocycles. The van der Waals surface area contributed by atoms with E-state index in [4.69, 9.17) is 4.74 Å². The summed E-state index contributed by atoms with van der Waals surface area (Å²) in [6, 6.07) is 25.7. The first-order valence-electron chi connectivity index (χ1n) is 7.07. The van der Waals surface area contributed by atoms with Gasteiger partial charge in [0.05, 0.1) is 15.3 Å². The van der Waals surface area contributed by atoms with Crippen LogP contribution >= 0.6 is 8.15 Å². The molecule has 0 radical (unpaired) electrons. The molecule has 3 heteroatoms. The molecule has 22 heavy (non-hydrogen) atoms. The largest absolute Gasteiger partial charge is 0.497 e. The third-order valence-electron chi connectivity index (χ3n) is 3.53. The SMILES string of the molecule is COc1ccc(-c2ccccc2P(O)c2ccccc2)cc1. The number of methoxy groups -OCH3 is 1. The first-order valence-corrected chi connectivity index (χ1v) is 8.36. The zero-order chi connectivity index (χ0) is 15.4. The molecule has 0 saturated heterocycles. The molecule has 1 unspecified atom stereocenters. The second-order valence-corrected chi connectivity index (χ2v) is 6.51. The van der Waals surface area contributed by atoms with Crippen LogP contribution in [0.3, 0.4) is 0 Å².